The Bertz CT molecular complexity index is 1000. The van der Waals surface area contributed by atoms with Crippen molar-refractivity contribution in [3.8, 4) is 0 Å². The van der Waals surface area contributed by atoms with E-state index < -0.39 is 29.7 Å². The van der Waals surface area contributed by atoms with E-state index in [1.165, 1.54) is 24.3 Å². The molecule has 6 heteroatoms. The van der Waals surface area contributed by atoms with Gasteiger partial charge in [-0.3, -0.25) is 19.2 Å². The van der Waals surface area contributed by atoms with E-state index in [4.69, 9.17) is 16.3 Å². The lowest BCUT2D eigenvalue weighted by molar-refractivity contribution is -0.142. The molecule has 0 saturated heterocycles. The number of hydrogen-bond acceptors (Lipinski definition) is 5. The Balaban J connectivity index is 2.18. The molecule has 2 aromatic rings. The Morgan fingerprint density at radius 1 is 0.926 bits per heavy atom. The molecule has 3 rings (SSSR count). The highest BCUT2D eigenvalue weighted by Gasteiger charge is 2.37. The number of Topliss-reactive ketones (excluding diaryl/α,β-unsaturated/α-hetero) is 3. The number of ketones is 3. The van der Waals surface area contributed by atoms with Gasteiger partial charge in [0.25, 0.3) is 0 Å². The van der Waals surface area contributed by atoms with Crippen LogP contribution in [0.25, 0.3) is 0 Å². The lowest BCUT2D eigenvalue weighted by Crippen LogP contribution is -2.28. The molecule has 0 bridgehead atoms. The summed E-state index contributed by atoms with van der Waals surface area (Å²) in [6, 6.07) is 12.4. The molecule has 5 nitrogen and oxygen atoms in total. The van der Waals surface area contributed by atoms with Crippen molar-refractivity contribution in [1.82, 2.24) is 0 Å². The number of allylic oxidation sites excluding steroid dienone is 1. The molecule has 136 valence electrons. The number of carbonyl (C=O) groups is 4. The molecule has 27 heavy (non-hydrogen) atoms. The summed E-state index contributed by atoms with van der Waals surface area (Å²) in [5.41, 5.74) is -0.110. The van der Waals surface area contributed by atoms with Crippen LogP contribution in [0, 0.1) is 0 Å². The molecule has 2 aromatic carbocycles. The van der Waals surface area contributed by atoms with Gasteiger partial charge < -0.3 is 4.74 Å². The first-order chi connectivity index (χ1) is 13.0. The lowest BCUT2D eigenvalue weighted by Gasteiger charge is -2.20. The highest BCUT2D eigenvalue weighted by molar-refractivity contribution is 6.42. The minimum absolute atomic E-state index is 0.0936. The molecule has 1 aliphatic rings. The van der Waals surface area contributed by atoms with Crippen LogP contribution in [0.1, 0.15) is 44.4 Å². The smallest absolute Gasteiger partial charge is 0.310 e. The van der Waals surface area contributed by atoms with Crippen LogP contribution in [0.15, 0.2) is 59.7 Å². The van der Waals surface area contributed by atoms with Crippen molar-refractivity contribution in [2.75, 3.05) is 6.61 Å². The Morgan fingerprint density at radius 2 is 1.52 bits per heavy atom. The zero-order chi connectivity index (χ0) is 19.6. The van der Waals surface area contributed by atoms with Crippen LogP contribution in [0.3, 0.4) is 0 Å². The van der Waals surface area contributed by atoms with E-state index in [9.17, 15) is 19.2 Å². The predicted molar refractivity (Wildman–Crippen MR) is 99.2 cm³/mol. The normalized spacial score (nSPS) is 13.4. The van der Waals surface area contributed by atoms with E-state index in [0.29, 0.717) is 0 Å². The standard InChI is InChI=1S/C21H15ClO5/c1-2-27-17(23)11-15-18(21(26)14-9-5-6-10-16(14)22)20(25)13-8-4-3-7-12(13)19(15)24/h3-10H,2,11H2,1H3. The fourth-order valence-corrected chi connectivity index (χ4v) is 3.19. The van der Waals surface area contributed by atoms with Crippen LogP contribution in [-0.2, 0) is 9.53 Å². The summed E-state index contributed by atoms with van der Waals surface area (Å²) >= 11 is 6.09. The van der Waals surface area contributed by atoms with Gasteiger partial charge in [-0.15, -0.1) is 0 Å². The molecule has 0 unspecified atom stereocenters. The predicted octanol–water partition coefficient (Wildman–Crippen LogP) is 3.85. The summed E-state index contributed by atoms with van der Waals surface area (Å²) in [6.45, 7) is 1.75. The molecular formula is C21H15ClO5. The molecule has 0 radical (unpaired) electrons. The maximum Gasteiger partial charge on any atom is 0.310 e. The molecule has 1 aliphatic carbocycles. The van der Waals surface area contributed by atoms with Crippen molar-refractivity contribution in [3.63, 3.8) is 0 Å². The SMILES string of the molecule is CCOC(=O)CC1=C(C(=O)c2ccccc2Cl)C(=O)c2ccccc2C1=O. The molecule has 0 fully saturated rings. The zero-order valence-electron chi connectivity index (χ0n) is 14.5. The molecule has 0 aromatic heterocycles. The van der Waals surface area contributed by atoms with Crippen molar-refractivity contribution in [2.45, 2.75) is 13.3 Å². The number of carbonyl (C=O) groups excluding carboxylic acids is 4. The van der Waals surface area contributed by atoms with Crippen LogP contribution >= 0.6 is 11.6 Å². The third-order valence-electron chi connectivity index (χ3n) is 4.19. The largest absolute Gasteiger partial charge is 0.466 e. The van der Waals surface area contributed by atoms with E-state index in [0.717, 1.165) is 0 Å². The van der Waals surface area contributed by atoms with E-state index in [1.807, 2.05) is 0 Å². The minimum Gasteiger partial charge on any atom is -0.466 e. The third kappa shape index (κ3) is 3.46. The summed E-state index contributed by atoms with van der Waals surface area (Å²) in [5, 5.41) is 0.157. The van der Waals surface area contributed by atoms with Gasteiger partial charge >= 0.3 is 5.97 Å². The van der Waals surface area contributed by atoms with Gasteiger partial charge in [0.05, 0.1) is 23.6 Å². The van der Waals surface area contributed by atoms with Crippen LogP contribution in [-0.4, -0.2) is 29.9 Å². The third-order valence-corrected chi connectivity index (χ3v) is 4.52. The van der Waals surface area contributed by atoms with Gasteiger partial charge in [-0.2, -0.15) is 0 Å². The van der Waals surface area contributed by atoms with Crippen LogP contribution in [0.4, 0.5) is 0 Å². The number of hydrogen-bond donors (Lipinski definition) is 0. The number of halogens is 1. The Hall–Kier alpha value is -3.05. The highest BCUT2D eigenvalue weighted by atomic mass is 35.5. The van der Waals surface area contributed by atoms with Crippen LogP contribution < -0.4 is 0 Å². The maximum absolute atomic E-state index is 13.1. The van der Waals surface area contributed by atoms with Crippen molar-refractivity contribution in [3.05, 3.63) is 81.4 Å². The van der Waals surface area contributed by atoms with Gasteiger partial charge in [0.2, 0.25) is 0 Å². The second-order valence-electron chi connectivity index (χ2n) is 5.85. The molecular weight excluding hydrogens is 368 g/mol. The lowest BCUT2D eigenvalue weighted by atomic mass is 9.80. The number of ether oxygens (including phenoxy) is 1. The summed E-state index contributed by atoms with van der Waals surface area (Å²) in [7, 11) is 0. The van der Waals surface area contributed by atoms with Crippen LogP contribution in [0.5, 0.6) is 0 Å². The summed E-state index contributed by atoms with van der Waals surface area (Å²) < 4.78 is 4.90. The number of rotatable bonds is 5. The van der Waals surface area contributed by atoms with Gasteiger partial charge in [0, 0.05) is 22.3 Å². The monoisotopic (exact) mass is 382 g/mol. The fraction of sp³-hybridized carbons (Fsp3) is 0.143. The van der Waals surface area contributed by atoms with Crippen molar-refractivity contribution < 1.29 is 23.9 Å². The zero-order valence-corrected chi connectivity index (χ0v) is 15.2. The van der Waals surface area contributed by atoms with Crippen molar-refractivity contribution >= 4 is 34.9 Å². The minimum atomic E-state index is -0.687. The van der Waals surface area contributed by atoms with E-state index in [-0.39, 0.29) is 39.5 Å². The summed E-state index contributed by atoms with van der Waals surface area (Å²) in [6.07, 6.45) is -0.460. The van der Waals surface area contributed by atoms with Gasteiger partial charge in [-0.1, -0.05) is 48.0 Å². The van der Waals surface area contributed by atoms with Crippen molar-refractivity contribution in [2.24, 2.45) is 0 Å². The number of benzene rings is 2. The van der Waals surface area contributed by atoms with Gasteiger partial charge in [0.1, 0.15) is 0 Å². The summed E-state index contributed by atoms with van der Waals surface area (Å²) in [5.74, 6) is -2.51. The first-order valence-corrected chi connectivity index (χ1v) is 8.70. The second kappa shape index (κ2) is 7.68. The van der Waals surface area contributed by atoms with Gasteiger partial charge in [-0.25, -0.2) is 0 Å². The topological polar surface area (TPSA) is 77.5 Å². The van der Waals surface area contributed by atoms with E-state index >= 15 is 0 Å². The van der Waals surface area contributed by atoms with Gasteiger partial charge in [-0.05, 0) is 19.1 Å². The summed E-state index contributed by atoms with van der Waals surface area (Å²) in [4.78, 5) is 51.0. The highest BCUT2D eigenvalue weighted by Crippen LogP contribution is 2.31. The fourth-order valence-electron chi connectivity index (χ4n) is 2.97. The van der Waals surface area contributed by atoms with Crippen LogP contribution in [0.2, 0.25) is 5.02 Å². The first kappa shape index (κ1) is 18.7. The Morgan fingerprint density at radius 3 is 2.15 bits per heavy atom. The molecule has 0 aliphatic heterocycles. The maximum atomic E-state index is 13.1. The number of esters is 1. The van der Waals surface area contributed by atoms with E-state index in [2.05, 4.69) is 0 Å². The number of fused-ring (bicyclic) bond motifs is 1. The quantitative estimate of drug-likeness (QED) is 0.446. The first-order valence-electron chi connectivity index (χ1n) is 8.32. The average Bonchev–Trinajstić information content (AvgIpc) is 2.66. The molecule has 0 atom stereocenters. The molecule has 0 N–H and O–H groups in total. The van der Waals surface area contributed by atoms with Gasteiger partial charge in [0.15, 0.2) is 17.3 Å². The molecule has 0 heterocycles. The van der Waals surface area contributed by atoms with E-state index in [1.54, 1.807) is 31.2 Å². The molecule has 0 spiro atoms. The Labute approximate surface area is 160 Å². The molecule has 0 amide bonds. The second-order valence-corrected chi connectivity index (χ2v) is 6.26. The average molecular weight is 383 g/mol. The molecule has 0 saturated carbocycles. The Kier molecular flexibility index (Phi) is 5.33. The van der Waals surface area contributed by atoms with Crippen molar-refractivity contribution in [1.29, 1.82) is 0 Å².